The smallest absolute Gasteiger partial charge is 0.156 e. The van der Waals surface area contributed by atoms with Gasteiger partial charge < -0.3 is 5.11 Å². The second kappa shape index (κ2) is 4.01. The summed E-state index contributed by atoms with van der Waals surface area (Å²) < 4.78 is 23.7. The maximum atomic E-state index is 11.8. The molecule has 2 aliphatic heterocycles. The van der Waals surface area contributed by atoms with Crippen LogP contribution in [-0.2, 0) is 9.84 Å². The van der Waals surface area contributed by atoms with E-state index in [0.29, 0.717) is 44.9 Å². The van der Waals surface area contributed by atoms with Gasteiger partial charge in [-0.2, -0.15) is 5.26 Å². The topological polar surface area (TPSA) is 78.2 Å². The third kappa shape index (κ3) is 1.96. The predicted octanol–water partition coefficient (Wildman–Crippen LogP) is 1.15. The number of nitriles is 1. The zero-order valence-electron chi connectivity index (χ0n) is 9.22. The Morgan fingerprint density at radius 3 is 2.38 bits per heavy atom. The molecule has 0 aliphatic carbocycles. The van der Waals surface area contributed by atoms with Crippen molar-refractivity contribution in [2.45, 2.75) is 61.0 Å². The first-order valence-electron chi connectivity index (χ1n) is 5.80. The number of fused-ring (bicyclic) bond motifs is 2. The zero-order valence-corrected chi connectivity index (χ0v) is 10.0. The number of aliphatic hydroxyl groups is 1. The summed E-state index contributed by atoms with van der Waals surface area (Å²) in [5.41, 5.74) is -0.839. The molecule has 0 spiro atoms. The van der Waals surface area contributed by atoms with Gasteiger partial charge in [-0.25, -0.2) is 8.42 Å². The monoisotopic (exact) mass is 243 g/mol. The molecule has 0 aromatic rings. The highest BCUT2D eigenvalue weighted by Gasteiger charge is 2.52. The van der Waals surface area contributed by atoms with Gasteiger partial charge in [-0.15, -0.1) is 0 Å². The molecule has 0 aromatic heterocycles. The molecule has 16 heavy (non-hydrogen) atoms. The van der Waals surface area contributed by atoms with Gasteiger partial charge in [0.25, 0.3) is 0 Å². The molecule has 0 saturated carbocycles. The van der Waals surface area contributed by atoms with Crippen LogP contribution in [0, 0.1) is 11.3 Å². The van der Waals surface area contributed by atoms with Crippen LogP contribution >= 0.6 is 0 Å². The van der Waals surface area contributed by atoms with Crippen molar-refractivity contribution in [3.8, 4) is 6.07 Å². The number of hydrogen-bond acceptors (Lipinski definition) is 4. The highest BCUT2D eigenvalue weighted by molar-refractivity contribution is 7.93. The van der Waals surface area contributed by atoms with Gasteiger partial charge in [-0.3, -0.25) is 0 Å². The fourth-order valence-corrected chi connectivity index (χ4v) is 5.60. The molecule has 2 unspecified atom stereocenters. The molecule has 0 amide bonds. The average molecular weight is 243 g/mol. The van der Waals surface area contributed by atoms with Gasteiger partial charge >= 0.3 is 0 Å². The van der Waals surface area contributed by atoms with E-state index in [1.165, 1.54) is 0 Å². The van der Waals surface area contributed by atoms with Crippen molar-refractivity contribution in [1.29, 1.82) is 5.26 Å². The minimum absolute atomic E-state index is 0.335. The number of nitrogens with zero attached hydrogens (tertiary/aromatic N) is 1. The third-order valence-corrected chi connectivity index (χ3v) is 6.55. The van der Waals surface area contributed by atoms with Crippen LogP contribution in [0.25, 0.3) is 0 Å². The van der Waals surface area contributed by atoms with Crippen molar-refractivity contribution < 1.29 is 13.5 Å². The van der Waals surface area contributed by atoms with Gasteiger partial charge in [0.2, 0.25) is 0 Å². The van der Waals surface area contributed by atoms with Crippen LogP contribution in [-0.4, -0.2) is 29.6 Å². The molecule has 0 aromatic carbocycles. The second-order valence-corrected chi connectivity index (χ2v) is 7.57. The number of sulfone groups is 1. The Labute approximate surface area is 96.2 Å². The van der Waals surface area contributed by atoms with Crippen LogP contribution in [0.4, 0.5) is 0 Å². The van der Waals surface area contributed by atoms with Gasteiger partial charge in [0.15, 0.2) is 9.84 Å². The van der Waals surface area contributed by atoms with Gasteiger partial charge in [0.05, 0.1) is 22.2 Å². The van der Waals surface area contributed by atoms with Crippen LogP contribution < -0.4 is 0 Å². The lowest BCUT2D eigenvalue weighted by molar-refractivity contribution is 0.0118. The highest BCUT2D eigenvalue weighted by Crippen LogP contribution is 2.44. The molecule has 2 bridgehead atoms. The largest absolute Gasteiger partial charge is 0.390 e. The molecule has 2 saturated heterocycles. The maximum Gasteiger partial charge on any atom is 0.156 e. The first-order valence-corrected chi connectivity index (χ1v) is 7.41. The van der Waals surface area contributed by atoms with E-state index in [9.17, 15) is 13.5 Å². The molecule has 2 heterocycles. The van der Waals surface area contributed by atoms with E-state index in [1.807, 2.05) is 6.07 Å². The Hall–Kier alpha value is -0.600. The van der Waals surface area contributed by atoms with Crippen molar-refractivity contribution in [2.75, 3.05) is 0 Å². The Balaban J connectivity index is 2.04. The van der Waals surface area contributed by atoms with Crippen LogP contribution in [0.15, 0.2) is 0 Å². The van der Waals surface area contributed by atoms with Crippen LogP contribution in [0.3, 0.4) is 0 Å². The van der Waals surface area contributed by atoms with E-state index >= 15 is 0 Å². The Morgan fingerprint density at radius 2 is 1.88 bits per heavy atom. The van der Waals surface area contributed by atoms with Crippen molar-refractivity contribution in [1.82, 2.24) is 0 Å². The van der Waals surface area contributed by atoms with E-state index in [2.05, 4.69) is 0 Å². The Kier molecular flexibility index (Phi) is 2.97. The maximum absolute atomic E-state index is 11.8. The van der Waals surface area contributed by atoms with Crippen LogP contribution in [0.5, 0.6) is 0 Å². The lowest BCUT2D eigenvalue weighted by atomic mass is 9.88. The first kappa shape index (κ1) is 11.9. The van der Waals surface area contributed by atoms with Crippen LogP contribution in [0.2, 0.25) is 0 Å². The van der Waals surface area contributed by atoms with Gasteiger partial charge in [0, 0.05) is 6.42 Å². The van der Waals surface area contributed by atoms with E-state index in [4.69, 9.17) is 5.26 Å². The van der Waals surface area contributed by atoms with E-state index < -0.39 is 15.4 Å². The molecule has 1 N–H and O–H groups in total. The summed E-state index contributed by atoms with van der Waals surface area (Å²) in [6, 6.07) is 2.05. The first-order chi connectivity index (χ1) is 7.48. The fraction of sp³-hybridized carbons (Fsp3) is 0.909. The van der Waals surface area contributed by atoms with Crippen molar-refractivity contribution >= 4 is 9.84 Å². The lowest BCUT2D eigenvalue weighted by Crippen LogP contribution is -2.44. The number of rotatable bonds is 3. The summed E-state index contributed by atoms with van der Waals surface area (Å²) in [6.07, 6.45) is 3.80. The molecular weight excluding hydrogens is 226 g/mol. The molecule has 2 rings (SSSR count). The van der Waals surface area contributed by atoms with E-state index in [0.717, 1.165) is 0 Å². The van der Waals surface area contributed by atoms with Crippen molar-refractivity contribution in [3.63, 3.8) is 0 Å². The second-order valence-electron chi connectivity index (χ2n) is 5.05. The van der Waals surface area contributed by atoms with Crippen LogP contribution in [0.1, 0.15) is 44.9 Å². The molecule has 0 radical (unpaired) electrons. The fourth-order valence-electron chi connectivity index (χ4n) is 3.04. The normalized spacial score (nSPS) is 40.5. The quantitative estimate of drug-likeness (QED) is 0.754. The Morgan fingerprint density at radius 1 is 1.31 bits per heavy atom. The van der Waals surface area contributed by atoms with Crippen molar-refractivity contribution in [3.05, 3.63) is 0 Å². The summed E-state index contributed by atoms with van der Waals surface area (Å²) >= 11 is 0. The molecular formula is C11H17NO3S. The third-order valence-electron chi connectivity index (χ3n) is 3.89. The minimum atomic E-state index is -2.96. The summed E-state index contributed by atoms with van der Waals surface area (Å²) in [6.45, 7) is 0. The average Bonchev–Trinajstić information content (AvgIpc) is 2.40. The van der Waals surface area contributed by atoms with E-state index in [1.54, 1.807) is 0 Å². The van der Waals surface area contributed by atoms with E-state index in [-0.39, 0.29) is 10.5 Å². The molecule has 2 aliphatic rings. The predicted molar refractivity (Wildman–Crippen MR) is 59.4 cm³/mol. The van der Waals surface area contributed by atoms with Gasteiger partial charge in [-0.05, 0) is 38.5 Å². The summed E-state index contributed by atoms with van der Waals surface area (Å²) in [7, 11) is -2.96. The number of unbranched alkanes of at least 4 members (excludes halogenated alkanes) is 1. The lowest BCUT2D eigenvalue weighted by Gasteiger charge is -2.36. The summed E-state index contributed by atoms with van der Waals surface area (Å²) in [5.74, 6) is 0. The standard InChI is InChI=1S/C11H17NO3S/c12-6-2-1-5-11(13)7-9-3-4-10(8-11)16(9,14)15/h9-10,13H,1-5,7-8H2. The Bertz CT molecular complexity index is 389. The molecule has 5 heteroatoms. The van der Waals surface area contributed by atoms with Gasteiger partial charge in [-0.1, -0.05) is 0 Å². The van der Waals surface area contributed by atoms with Gasteiger partial charge in [0.1, 0.15) is 0 Å². The zero-order chi connectivity index (χ0) is 11.8. The van der Waals surface area contributed by atoms with Crippen molar-refractivity contribution in [2.24, 2.45) is 0 Å². The SMILES string of the molecule is N#CCCCC1(O)CC2CCC(C1)S2(=O)=O. The molecule has 90 valence electrons. The summed E-state index contributed by atoms with van der Waals surface area (Å²) in [4.78, 5) is 0. The summed E-state index contributed by atoms with van der Waals surface area (Å²) in [5, 5.41) is 18.1. The number of hydrogen-bond donors (Lipinski definition) is 1. The molecule has 2 atom stereocenters. The highest BCUT2D eigenvalue weighted by atomic mass is 32.2. The molecule has 2 fully saturated rings. The minimum Gasteiger partial charge on any atom is -0.390 e. The molecule has 4 nitrogen and oxygen atoms in total.